The molecule has 0 saturated heterocycles. The number of nitrogens with zero attached hydrogens (tertiary/aromatic N) is 8. The van der Waals surface area contributed by atoms with Crippen LogP contribution >= 0.6 is 0 Å². The van der Waals surface area contributed by atoms with Crippen LogP contribution in [0.3, 0.4) is 0 Å². The van der Waals surface area contributed by atoms with Gasteiger partial charge in [-0.1, -0.05) is 24.3 Å². The van der Waals surface area contributed by atoms with Crippen molar-refractivity contribution in [3.8, 4) is 17.1 Å². The third-order valence-electron chi connectivity index (χ3n) is 4.36. The van der Waals surface area contributed by atoms with Crippen LogP contribution in [-0.4, -0.2) is 46.3 Å². The fraction of sp³-hybridized carbons (Fsp3) is 0.167. The summed E-state index contributed by atoms with van der Waals surface area (Å²) in [5.74, 6) is 0.150. The zero-order valence-corrected chi connectivity index (χ0v) is 15.3. The molecule has 1 amide bonds. The van der Waals surface area contributed by atoms with Gasteiger partial charge >= 0.3 is 0 Å². The van der Waals surface area contributed by atoms with E-state index in [0.29, 0.717) is 17.1 Å². The maximum absolute atomic E-state index is 12.4. The van der Waals surface area contributed by atoms with E-state index in [2.05, 4.69) is 36.3 Å². The third-order valence-corrected chi connectivity index (χ3v) is 4.36. The van der Waals surface area contributed by atoms with Gasteiger partial charge in [0.05, 0.1) is 5.69 Å². The molecule has 0 spiro atoms. The van der Waals surface area contributed by atoms with Crippen LogP contribution in [0.2, 0.25) is 0 Å². The molecule has 0 atom stereocenters. The molecule has 0 saturated carbocycles. The number of carbonyl (C=O) groups excluding carboxylic acids is 1. The number of benzene rings is 2. The number of tetrazole rings is 2. The molecule has 0 radical (unpaired) electrons. The Morgan fingerprint density at radius 2 is 1.93 bits per heavy atom. The van der Waals surface area contributed by atoms with Gasteiger partial charge in [0.25, 0.3) is 0 Å². The molecular formula is C18H17N9O. The van der Waals surface area contributed by atoms with Gasteiger partial charge in [0.1, 0.15) is 12.9 Å². The van der Waals surface area contributed by atoms with E-state index >= 15 is 0 Å². The lowest BCUT2D eigenvalue weighted by Gasteiger charge is -2.09. The molecule has 0 fully saturated rings. The van der Waals surface area contributed by atoms with Crippen molar-refractivity contribution >= 4 is 11.6 Å². The van der Waals surface area contributed by atoms with Crippen LogP contribution in [0.15, 0.2) is 48.8 Å². The standard InChI is InChI=1S/C18H17N9O/c1-12-6-5-8-15(13(12)2)20-17(28)10-27-22-18(21-24-27)14-7-3-4-9-16(14)26-11-19-23-25-26/h3-9,11H,10H2,1-2H3,(H,20,28). The van der Waals surface area contributed by atoms with Crippen molar-refractivity contribution in [1.29, 1.82) is 0 Å². The highest BCUT2D eigenvalue weighted by molar-refractivity contribution is 5.91. The highest BCUT2D eigenvalue weighted by Crippen LogP contribution is 2.22. The van der Waals surface area contributed by atoms with Crippen LogP contribution in [0.5, 0.6) is 0 Å². The Labute approximate surface area is 160 Å². The van der Waals surface area contributed by atoms with Gasteiger partial charge in [-0.25, -0.2) is 0 Å². The molecule has 2 aromatic heterocycles. The van der Waals surface area contributed by atoms with E-state index in [9.17, 15) is 4.79 Å². The maximum atomic E-state index is 12.4. The van der Waals surface area contributed by atoms with Gasteiger partial charge in [-0.05, 0) is 58.8 Å². The van der Waals surface area contributed by atoms with Crippen molar-refractivity contribution in [1.82, 2.24) is 40.4 Å². The predicted molar refractivity (Wildman–Crippen MR) is 101 cm³/mol. The number of anilines is 1. The minimum absolute atomic E-state index is 0.0482. The van der Waals surface area contributed by atoms with E-state index in [-0.39, 0.29) is 12.5 Å². The lowest BCUT2D eigenvalue weighted by atomic mass is 10.1. The molecule has 4 aromatic rings. The molecule has 2 heterocycles. The van der Waals surface area contributed by atoms with Gasteiger partial charge in [0, 0.05) is 11.3 Å². The summed E-state index contributed by atoms with van der Waals surface area (Å²) >= 11 is 0. The summed E-state index contributed by atoms with van der Waals surface area (Å²) < 4.78 is 1.52. The average Bonchev–Trinajstić information content (AvgIpc) is 3.37. The summed E-state index contributed by atoms with van der Waals surface area (Å²) in [6.07, 6.45) is 1.49. The van der Waals surface area contributed by atoms with E-state index in [1.54, 1.807) is 0 Å². The second-order valence-electron chi connectivity index (χ2n) is 6.21. The number of amides is 1. The van der Waals surface area contributed by atoms with Crippen LogP contribution < -0.4 is 5.32 Å². The van der Waals surface area contributed by atoms with Gasteiger partial charge in [-0.2, -0.15) is 9.48 Å². The molecule has 0 aliphatic carbocycles. The summed E-state index contributed by atoms with van der Waals surface area (Å²) in [4.78, 5) is 13.6. The Balaban J connectivity index is 1.53. The topological polar surface area (TPSA) is 116 Å². The monoisotopic (exact) mass is 375 g/mol. The minimum Gasteiger partial charge on any atom is -0.324 e. The summed E-state index contributed by atoms with van der Waals surface area (Å²) in [5, 5.41) is 26.5. The van der Waals surface area contributed by atoms with Gasteiger partial charge in [0.15, 0.2) is 0 Å². The van der Waals surface area contributed by atoms with E-state index in [4.69, 9.17) is 0 Å². The van der Waals surface area contributed by atoms with Crippen LogP contribution in [0.4, 0.5) is 5.69 Å². The van der Waals surface area contributed by atoms with Gasteiger partial charge in [-0.3, -0.25) is 4.79 Å². The van der Waals surface area contributed by atoms with E-state index < -0.39 is 0 Å². The quantitative estimate of drug-likeness (QED) is 0.563. The molecule has 10 nitrogen and oxygen atoms in total. The smallest absolute Gasteiger partial charge is 0.248 e. The SMILES string of the molecule is Cc1cccc(NC(=O)Cn2nnc(-c3ccccc3-n3cnnn3)n2)c1C. The lowest BCUT2D eigenvalue weighted by Crippen LogP contribution is -2.21. The van der Waals surface area contributed by atoms with Crippen molar-refractivity contribution in [3.63, 3.8) is 0 Å². The molecular weight excluding hydrogens is 358 g/mol. The Kier molecular flexibility index (Phi) is 4.58. The van der Waals surface area contributed by atoms with Gasteiger partial charge in [-0.15, -0.1) is 15.3 Å². The van der Waals surface area contributed by atoms with Crippen LogP contribution in [-0.2, 0) is 11.3 Å². The molecule has 1 N–H and O–H groups in total. The Bertz CT molecular complexity index is 1120. The summed E-state index contributed by atoms with van der Waals surface area (Å²) in [6, 6.07) is 13.2. The van der Waals surface area contributed by atoms with Crippen molar-refractivity contribution < 1.29 is 4.79 Å². The first kappa shape index (κ1) is 17.5. The summed E-state index contributed by atoms with van der Waals surface area (Å²) in [6.45, 7) is 3.92. The number of hydrogen-bond donors (Lipinski definition) is 1. The molecule has 0 aliphatic heterocycles. The Hall–Kier alpha value is -3.95. The summed E-state index contributed by atoms with van der Waals surface area (Å²) in [5.41, 5.74) is 4.33. The number of aromatic nitrogens is 8. The van der Waals surface area contributed by atoms with Crippen LogP contribution in [0, 0.1) is 13.8 Å². The first-order valence-electron chi connectivity index (χ1n) is 8.58. The van der Waals surface area contributed by atoms with Crippen molar-refractivity contribution in [3.05, 3.63) is 59.9 Å². The Morgan fingerprint density at radius 3 is 2.75 bits per heavy atom. The fourth-order valence-electron chi connectivity index (χ4n) is 2.76. The number of para-hydroxylation sites is 1. The molecule has 0 aliphatic rings. The van der Waals surface area contributed by atoms with Gasteiger partial charge < -0.3 is 5.32 Å². The largest absolute Gasteiger partial charge is 0.324 e. The number of aryl methyl sites for hydroxylation is 1. The van der Waals surface area contributed by atoms with Gasteiger partial charge in [0.2, 0.25) is 11.7 Å². The number of carbonyl (C=O) groups is 1. The molecule has 10 heteroatoms. The van der Waals surface area contributed by atoms with Crippen LogP contribution in [0.1, 0.15) is 11.1 Å². The minimum atomic E-state index is -0.230. The third kappa shape index (κ3) is 3.47. The van der Waals surface area contributed by atoms with Crippen molar-refractivity contribution in [2.45, 2.75) is 20.4 Å². The average molecular weight is 375 g/mol. The highest BCUT2D eigenvalue weighted by atomic mass is 16.2. The number of rotatable bonds is 5. The van der Waals surface area contributed by atoms with E-state index in [1.807, 2.05) is 56.3 Å². The second kappa shape index (κ2) is 7.35. The molecule has 4 rings (SSSR count). The second-order valence-corrected chi connectivity index (χ2v) is 6.21. The highest BCUT2D eigenvalue weighted by Gasteiger charge is 2.14. The van der Waals surface area contributed by atoms with Crippen molar-refractivity contribution in [2.24, 2.45) is 0 Å². The molecule has 0 bridgehead atoms. The molecule has 2 aromatic carbocycles. The first-order valence-corrected chi connectivity index (χ1v) is 8.58. The summed E-state index contributed by atoms with van der Waals surface area (Å²) in [7, 11) is 0. The number of hydrogen-bond acceptors (Lipinski definition) is 7. The Morgan fingerprint density at radius 1 is 1.07 bits per heavy atom. The zero-order valence-electron chi connectivity index (χ0n) is 15.3. The molecule has 140 valence electrons. The number of nitrogens with one attached hydrogen (secondary N) is 1. The van der Waals surface area contributed by atoms with E-state index in [1.165, 1.54) is 15.8 Å². The van der Waals surface area contributed by atoms with Crippen molar-refractivity contribution in [2.75, 3.05) is 5.32 Å². The lowest BCUT2D eigenvalue weighted by molar-refractivity contribution is -0.117. The molecule has 28 heavy (non-hydrogen) atoms. The van der Waals surface area contributed by atoms with E-state index in [0.717, 1.165) is 16.8 Å². The fourth-order valence-corrected chi connectivity index (χ4v) is 2.76. The first-order chi connectivity index (χ1) is 13.6. The molecule has 0 unspecified atom stereocenters. The maximum Gasteiger partial charge on any atom is 0.248 e. The predicted octanol–water partition coefficient (Wildman–Crippen LogP) is 1.57. The van der Waals surface area contributed by atoms with Crippen LogP contribution in [0.25, 0.3) is 17.1 Å². The normalized spacial score (nSPS) is 10.8. The zero-order chi connectivity index (χ0) is 19.5.